The van der Waals surface area contributed by atoms with E-state index < -0.39 is 0 Å². The van der Waals surface area contributed by atoms with Gasteiger partial charge in [-0.05, 0) is 5.56 Å². The van der Waals surface area contributed by atoms with Gasteiger partial charge in [-0.1, -0.05) is 30.3 Å². The molecular formula is C10H11N2. The van der Waals surface area contributed by atoms with E-state index in [1.165, 1.54) is 5.56 Å². The molecule has 0 aromatic heterocycles. The molecule has 0 bridgehead atoms. The quantitative estimate of drug-likeness (QED) is 0.616. The van der Waals surface area contributed by atoms with Crippen molar-refractivity contribution in [1.29, 1.82) is 5.26 Å². The fraction of sp³-hybridized carbons (Fsp3) is 0.300. The van der Waals surface area contributed by atoms with Gasteiger partial charge in [0.05, 0.1) is 6.07 Å². The largest absolute Gasteiger partial charge is 0.236 e. The molecule has 0 saturated heterocycles. The Bertz CT molecular complexity index is 248. The predicted molar refractivity (Wildman–Crippen MR) is 47.4 cm³/mol. The third-order valence-electron chi connectivity index (χ3n) is 1.52. The van der Waals surface area contributed by atoms with Crippen LogP contribution in [0.4, 0.5) is 0 Å². The minimum atomic E-state index is 0.521. The lowest BCUT2D eigenvalue weighted by molar-refractivity contribution is 0.683. The maximum absolute atomic E-state index is 8.25. The summed E-state index contributed by atoms with van der Waals surface area (Å²) < 4.78 is 0. The first-order valence-electron chi connectivity index (χ1n) is 3.97. The highest BCUT2D eigenvalue weighted by molar-refractivity contribution is 5.14. The molecule has 0 aliphatic heterocycles. The fourth-order valence-corrected chi connectivity index (χ4v) is 0.921. The first-order chi connectivity index (χ1) is 5.93. The van der Waals surface area contributed by atoms with Gasteiger partial charge in [0.15, 0.2) is 0 Å². The van der Waals surface area contributed by atoms with Crippen molar-refractivity contribution in [3.8, 4) is 6.07 Å². The van der Waals surface area contributed by atoms with E-state index in [4.69, 9.17) is 5.26 Å². The lowest BCUT2D eigenvalue weighted by atomic mass is 10.2. The Labute approximate surface area is 72.8 Å². The highest BCUT2D eigenvalue weighted by Crippen LogP contribution is 1.97. The van der Waals surface area contributed by atoms with Crippen molar-refractivity contribution < 1.29 is 0 Å². The van der Waals surface area contributed by atoms with E-state index >= 15 is 0 Å². The van der Waals surface area contributed by atoms with Gasteiger partial charge in [-0.2, -0.15) is 5.26 Å². The van der Waals surface area contributed by atoms with Crippen LogP contribution in [0.15, 0.2) is 30.3 Å². The Hall–Kier alpha value is -1.33. The van der Waals surface area contributed by atoms with E-state index in [9.17, 15) is 0 Å². The van der Waals surface area contributed by atoms with Gasteiger partial charge in [0.25, 0.3) is 0 Å². The van der Waals surface area contributed by atoms with Crippen molar-refractivity contribution in [3.05, 3.63) is 35.9 Å². The third-order valence-corrected chi connectivity index (χ3v) is 1.52. The SMILES string of the molecule is N#CCC[N]Cc1ccccc1. The molecule has 2 heteroatoms. The highest BCUT2D eigenvalue weighted by Gasteiger charge is 1.90. The van der Waals surface area contributed by atoms with E-state index in [-0.39, 0.29) is 0 Å². The van der Waals surface area contributed by atoms with Crippen LogP contribution in [0.2, 0.25) is 0 Å². The Morgan fingerprint density at radius 1 is 1.25 bits per heavy atom. The van der Waals surface area contributed by atoms with Gasteiger partial charge in [0.2, 0.25) is 0 Å². The Kier molecular flexibility index (Phi) is 3.90. The van der Waals surface area contributed by atoms with Crippen molar-refractivity contribution in [2.75, 3.05) is 6.54 Å². The first-order valence-corrected chi connectivity index (χ1v) is 3.97. The summed E-state index contributed by atoms with van der Waals surface area (Å²) in [5.74, 6) is 0. The number of benzene rings is 1. The van der Waals surface area contributed by atoms with Crippen molar-refractivity contribution in [1.82, 2.24) is 5.32 Å². The molecule has 0 heterocycles. The average molecular weight is 159 g/mol. The summed E-state index contributed by atoms with van der Waals surface area (Å²) >= 11 is 0. The molecule has 0 N–H and O–H groups in total. The number of nitrogens with zero attached hydrogens (tertiary/aromatic N) is 2. The van der Waals surface area contributed by atoms with Crippen molar-refractivity contribution in [2.45, 2.75) is 13.0 Å². The molecule has 0 amide bonds. The minimum absolute atomic E-state index is 0.521. The molecule has 2 nitrogen and oxygen atoms in total. The number of hydrogen-bond donors (Lipinski definition) is 0. The predicted octanol–water partition coefficient (Wildman–Crippen LogP) is 1.70. The number of rotatable bonds is 4. The van der Waals surface area contributed by atoms with E-state index in [2.05, 4.69) is 11.4 Å². The summed E-state index contributed by atoms with van der Waals surface area (Å²) in [4.78, 5) is 0. The molecule has 1 rings (SSSR count). The van der Waals surface area contributed by atoms with Gasteiger partial charge in [-0.3, -0.25) is 0 Å². The topological polar surface area (TPSA) is 37.9 Å². The average Bonchev–Trinajstić information content (AvgIpc) is 2.14. The zero-order chi connectivity index (χ0) is 8.65. The van der Waals surface area contributed by atoms with Gasteiger partial charge < -0.3 is 0 Å². The van der Waals surface area contributed by atoms with Crippen molar-refractivity contribution >= 4 is 0 Å². The summed E-state index contributed by atoms with van der Waals surface area (Å²) in [5, 5.41) is 12.5. The Morgan fingerprint density at radius 3 is 2.67 bits per heavy atom. The van der Waals surface area contributed by atoms with E-state index in [0.717, 1.165) is 6.54 Å². The summed E-state index contributed by atoms with van der Waals surface area (Å²) in [7, 11) is 0. The normalized spacial score (nSPS) is 9.25. The molecule has 0 aliphatic rings. The van der Waals surface area contributed by atoms with Crippen LogP contribution in [0.1, 0.15) is 12.0 Å². The molecule has 0 saturated carbocycles. The maximum Gasteiger partial charge on any atom is 0.0635 e. The Morgan fingerprint density at radius 2 is 2.00 bits per heavy atom. The van der Waals surface area contributed by atoms with Crippen LogP contribution in [-0.4, -0.2) is 6.54 Å². The first kappa shape index (κ1) is 8.76. The number of hydrogen-bond acceptors (Lipinski definition) is 1. The summed E-state index contributed by atoms with van der Waals surface area (Å²) in [6.07, 6.45) is 0.521. The van der Waals surface area contributed by atoms with Crippen molar-refractivity contribution in [2.24, 2.45) is 0 Å². The molecule has 1 radical (unpaired) electrons. The highest BCUT2D eigenvalue weighted by atomic mass is 14.8. The smallest absolute Gasteiger partial charge is 0.0635 e. The molecule has 0 spiro atoms. The second kappa shape index (κ2) is 5.34. The molecular weight excluding hydrogens is 148 g/mol. The fourth-order valence-electron chi connectivity index (χ4n) is 0.921. The van der Waals surface area contributed by atoms with Crippen LogP contribution in [0.3, 0.4) is 0 Å². The van der Waals surface area contributed by atoms with E-state index in [1.807, 2.05) is 30.3 Å². The van der Waals surface area contributed by atoms with Crippen LogP contribution in [-0.2, 0) is 6.54 Å². The van der Waals surface area contributed by atoms with Gasteiger partial charge >= 0.3 is 0 Å². The summed E-state index contributed by atoms with van der Waals surface area (Å²) in [6.45, 7) is 1.37. The molecule has 1 aromatic rings. The lowest BCUT2D eigenvalue weighted by Gasteiger charge is -1.98. The lowest BCUT2D eigenvalue weighted by Crippen LogP contribution is -2.05. The van der Waals surface area contributed by atoms with Crippen LogP contribution < -0.4 is 5.32 Å². The third kappa shape index (κ3) is 3.18. The monoisotopic (exact) mass is 159 g/mol. The number of nitriles is 1. The van der Waals surface area contributed by atoms with E-state index in [0.29, 0.717) is 13.0 Å². The van der Waals surface area contributed by atoms with Crippen LogP contribution >= 0.6 is 0 Å². The van der Waals surface area contributed by atoms with Crippen LogP contribution in [0.5, 0.6) is 0 Å². The molecule has 0 fully saturated rings. The van der Waals surface area contributed by atoms with Gasteiger partial charge in [-0.15, -0.1) is 0 Å². The molecule has 1 aromatic carbocycles. The molecule has 0 atom stereocenters. The molecule has 61 valence electrons. The zero-order valence-corrected chi connectivity index (χ0v) is 6.90. The van der Waals surface area contributed by atoms with Crippen LogP contribution in [0.25, 0.3) is 0 Å². The van der Waals surface area contributed by atoms with Gasteiger partial charge in [0, 0.05) is 19.5 Å². The molecule has 0 aliphatic carbocycles. The van der Waals surface area contributed by atoms with E-state index in [1.54, 1.807) is 0 Å². The van der Waals surface area contributed by atoms with Gasteiger partial charge in [0.1, 0.15) is 0 Å². The Balaban J connectivity index is 2.21. The standard InChI is InChI=1S/C10H11N2/c11-7-4-8-12-9-10-5-2-1-3-6-10/h1-3,5-6H,4,8-9H2. The summed E-state index contributed by atoms with van der Waals surface area (Å²) in [5.41, 5.74) is 1.20. The second-order valence-electron chi connectivity index (χ2n) is 2.50. The minimum Gasteiger partial charge on any atom is -0.236 e. The van der Waals surface area contributed by atoms with Crippen LogP contribution in [0, 0.1) is 11.3 Å². The summed E-state index contributed by atoms with van der Waals surface area (Å²) in [6, 6.07) is 12.1. The molecule has 12 heavy (non-hydrogen) atoms. The van der Waals surface area contributed by atoms with Gasteiger partial charge in [-0.25, -0.2) is 5.32 Å². The maximum atomic E-state index is 8.25. The second-order valence-corrected chi connectivity index (χ2v) is 2.50. The molecule has 0 unspecified atom stereocenters. The van der Waals surface area contributed by atoms with Crippen molar-refractivity contribution in [3.63, 3.8) is 0 Å². The zero-order valence-electron chi connectivity index (χ0n) is 6.90.